The molecular weight excluding hydrogens is 537 g/mol. The average Bonchev–Trinajstić information content (AvgIpc) is 3.69. The van der Waals surface area contributed by atoms with E-state index in [-0.39, 0.29) is 53.5 Å². The summed E-state index contributed by atoms with van der Waals surface area (Å²) < 4.78 is 0. The van der Waals surface area contributed by atoms with Crippen molar-refractivity contribution in [3.8, 4) is 0 Å². The molecule has 6 rings (SSSR count). The summed E-state index contributed by atoms with van der Waals surface area (Å²) in [6.07, 6.45) is 10.1. The Morgan fingerprint density at radius 2 is 1.81 bits per heavy atom. The quantitative estimate of drug-likeness (QED) is 0.526. The first kappa shape index (κ1) is 30.0. The van der Waals surface area contributed by atoms with Gasteiger partial charge in [0.15, 0.2) is 0 Å². The van der Waals surface area contributed by atoms with Crippen molar-refractivity contribution >= 4 is 63.6 Å². The van der Waals surface area contributed by atoms with Gasteiger partial charge in [-0.15, -0.1) is 16.8 Å². The van der Waals surface area contributed by atoms with E-state index in [1.54, 1.807) is 0 Å². The molecule has 8 heteroatoms. The average molecular weight is 571 g/mol. The summed E-state index contributed by atoms with van der Waals surface area (Å²) in [5, 5.41) is 24.4. The molecule has 2 atom stereocenters. The van der Waals surface area contributed by atoms with E-state index in [0.29, 0.717) is 23.4 Å². The molecule has 0 amide bonds. The molecule has 4 aliphatic heterocycles. The van der Waals surface area contributed by atoms with Crippen molar-refractivity contribution in [3.05, 3.63) is 86.0 Å². The molecule has 0 saturated carbocycles. The Labute approximate surface area is 262 Å². The number of hydrogen-bond acceptors (Lipinski definition) is 5. The number of carboxylic acid groups (broad SMARTS) is 1. The van der Waals surface area contributed by atoms with Crippen molar-refractivity contribution in [2.45, 2.75) is 66.7 Å². The Balaban J connectivity index is 0.00000353. The minimum Gasteiger partial charge on any atom is -0.875 e. The fourth-order valence-electron chi connectivity index (χ4n) is 6.79. The molecule has 0 saturated heterocycles. The predicted octanol–water partition coefficient (Wildman–Crippen LogP) is 3.68. The molecule has 1 N–H and O–H groups in total. The first-order valence-electron chi connectivity index (χ1n) is 14.4. The SMILES string of the molecule is C=CC1=C(C)C2=NC1=CC1=NC(=Cc3[n-]c4c(c3CC)=C([O-])CC=4C3=NC(=C2)[C@@H](C)[C@@H]3CCC(=O)O)C(CC)=C1C.[Mg+2]. The van der Waals surface area contributed by atoms with Crippen LogP contribution in [0.25, 0.3) is 17.4 Å². The second-order valence-electron chi connectivity index (χ2n) is 11.3. The molecule has 0 aromatic carbocycles. The Morgan fingerprint density at radius 1 is 1.10 bits per heavy atom. The van der Waals surface area contributed by atoms with E-state index >= 15 is 0 Å². The van der Waals surface area contributed by atoms with Crippen LogP contribution in [0.3, 0.4) is 0 Å². The summed E-state index contributed by atoms with van der Waals surface area (Å²) in [5.41, 5.74) is 11.7. The number of allylic oxidation sites excluding steroid dienone is 7. The monoisotopic (exact) mass is 570 g/mol. The van der Waals surface area contributed by atoms with E-state index in [4.69, 9.17) is 20.0 Å². The molecule has 7 nitrogen and oxygen atoms in total. The van der Waals surface area contributed by atoms with Gasteiger partial charge in [-0.2, -0.15) is 0 Å². The number of aliphatic carboxylic acids is 1. The van der Waals surface area contributed by atoms with Crippen LogP contribution < -0.4 is 20.7 Å². The minimum atomic E-state index is -0.843. The van der Waals surface area contributed by atoms with E-state index in [0.717, 1.165) is 79.8 Å². The van der Waals surface area contributed by atoms with E-state index in [9.17, 15) is 15.0 Å². The van der Waals surface area contributed by atoms with Crippen LogP contribution in [0, 0.1) is 11.8 Å². The van der Waals surface area contributed by atoms with Gasteiger partial charge >= 0.3 is 29.0 Å². The molecule has 5 heterocycles. The molecule has 42 heavy (non-hydrogen) atoms. The molecule has 1 aliphatic carbocycles. The van der Waals surface area contributed by atoms with Crippen molar-refractivity contribution in [3.63, 3.8) is 0 Å². The number of hydrogen-bond donors (Lipinski definition) is 1. The zero-order valence-corrected chi connectivity index (χ0v) is 26.4. The fourth-order valence-corrected chi connectivity index (χ4v) is 6.79. The Kier molecular flexibility index (Phi) is 8.07. The Morgan fingerprint density at radius 3 is 2.48 bits per heavy atom. The third-order valence-electron chi connectivity index (χ3n) is 9.07. The van der Waals surface area contributed by atoms with E-state index in [2.05, 4.69) is 34.3 Å². The molecule has 1 aromatic rings. The Hall–Kier alpha value is -3.49. The number of fused-ring (bicyclic) bond motifs is 5. The van der Waals surface area contributed by atoms with Crippen LogP contribution in [-0.4, -0.2) is 51.3 Å². The molecular formula is C34H34MgN4O3. The summed E-state index contributed by atoms with van der Waals surface area (Å²) >= 11 is 0. The van der Waals surface area contributed by atoms with Gasteiger partial charge in [0.05, 0.1) is 22.8 Å². The second-order valence-corrected chi connectivity index (χ2v) is 11.3. The number of aromatic nitrogens is 1. The van der Waals surface area contributed by atoms with Gasteiger partial charge in [-0.05, 0) is 79.2 Å². The smallest absolute Gasteiger partial charge is 0.875 e. The van der Waals surface area contributed by atoms with Gasteiger partial charge in [0.2, 0.25) is 0 Å². The third kappa shape index (κ3) is 4.65. The van der Waals surface area contributed by atoms with Crippen LogP contribution in [-0.2, 0) is 11.2 Å². The molecule has 0 radical (unpaired) electrons. The zero-order chi connectivity index (χ0) is 29.2. The van der Waals surface area contributed by atoms with E-state index in [1.807, 2.05) is 31.2 Å². The van der Waals surface area contributed by atoms with Crippen LogP contribution in [0.2, 0.25) is 0 Å². The number of carboxylic acids is 1. The standard InChI is InChI=1S/C34H36N4O3.Mg/c1-7-19-16(4)24-13-26-18(6)22(10-11-31(40)41)33(37-26)23-12-30(39)32-21(9-3)29(38-34(23)32)15-28-20(8-2)17(5)25(36-28)14-27(19)35-24;/h7,13-15,18,22H,1,8-12H2,2-6H3,(H3,35,36,37,38,39,40,41);/q;+2/p-2/t18-,22-;/m0./s1. The number of aliphatic imine (C=N–C) groups is 3. The van der Waals surface area contributed by atoms with Crippen molar-refractivity contribution < 1.29 is 15.0 Å². The van der Waals surface area contributed by atoms with Gasteiger partial charge < -0.3 is 15.2 Å². The van der Waals surface area contributed by atoms with Gasteiger partial charge in [0, 0.05) is 35.2 Å². The van der Waals surface area contributed by atoms with Gasteiger partial charge in [-0.3, -0.25) is 9.79 Å². The molecule has 1 aromatic heterocycles. The first-order valence-corrected chi connectivity index (χ1v) is 14.4. The van der Waals surface area contributed by atoms with Crippen molar-refractivity contribution in [2.75, 3.05) is 0 Å². The predicted molar refractivity (Wildman–Crippen MR) is 167 cm³/mol. The summed E-state index contributed by atoms with van der Waals surface area (Å²) in [5.74, 6) is -0.966. The maximum absolute atomic E-state index is 13.5. The molecule has 5 aliphatic rings. The van der Waals surface area contributed by atoms with Crippen LogP contribution in [0.4, 0.5) is 0 Å². The van der Waals surface area contributed by atoms with Gasteiger partial charge in [0.25, 0.3) is 0 Å². The van der Waals surface area contributed by atoms with Crippen molar-refractivity contribution in [2.24, 2.45) is 26.8 Å². The summed E-state index contributed by atoms with van der Waals surface area (Å²) in [6, 6.07) is 0. The molecule has 8 bridgehead atoms. The van der Waals surface area contributed by atoms with Crippen LogP contribution in [0.1, 0.15) is 71.6 Å². The van der Waals surface area contributed by atoms with Crippen molar-refractivity contribution in [1.82, 2.24) is 4.98 Å². The van der Waals surface area contributed by atoms with E-state index < -0.39 is 5.97 Å². The summed E-state index contributed by atoms with van der Waals surface area (Å²) in [4.78, 5) is 31.8. The fraction of sp³-hybridized carbons (Fsp3) is 0.353. The van der Waals surface area contributed by atoms with Gasteiger partial charge in [0.1, 0.15) is 0 Å². The maximum Gasteiger partial charge on any atom is 2.00 e. The zero-order valence-electron chi connectivity index (χ0n) is 25.0. The number of carbonyl (C=O) groups is 1. The first-order chi connectivity index (χ1) is 19.7. The Bertz CT molecular complexity index is 1820. The van der Waals surface area contributed by atoms with Crippen molar-refractivity contribution in [1.29, 1.82) is 0 Å². The molecule has 0 spiro atoms. The normalized spacial score (nSPS) is 22.5. The minimum absolute atomic E-state index is 0. The number of rotatable bonds is 6. The molecule has 0 fully saturated rings. The summed E-state index contributed by atoms with van der Waals surface area (Å²) in [6.45, 7) is 14.4. The van der Waals surface area contributed by atoms with E-state index in [1.165, 1.54) is 0 Å². The third-order valence-corrected chi connectivity index (χ3v) is 9.07. The van der Waals surface area contributed by atoms with Crippen LogP contribution >= 0.6 is 0 Å². The summed E-state index contributed by atoms with van der Waals surface area (Å²) in [7, 11) is 0. The topological polar surface area (TPSA) is 112 Å². The maximum atomic E-state index is 13.5. The van der Waals surface area contributed by atoms with Crippen LogP contribution in [0.5, 0.6) is 0 Å². The van der Waals surface area contributed by atoms with Gasteiger partial charge in [-0.1, -0.05) is 45.1 Å². The molecule has 0 unspecified atom stereocenters. The largest absolute Gasteiger partial charge is 2.00 e. The second kappa shape index (κ2) is 11.3. The van der Waals surface area contributed by atoms with Crippen LogP contribution in [0.15, 0.2) is 79.2 Å². The molecule has 210 valence electrons. The number of nitrogens with zero attached hydrogens (tertiary/aromatic N) is 4. The van der Waals surface area contributed by atoms with Gasteiger partial charge in [-0.25, -0.2) is 9.98 Å².